The molecule has 1 rings (SSSR count). The first kappa shape index (κ1) is 16.7. The molecule has 112 valence electrons. The third kappa shape index (κ3) is 6.20. The molecule has 0 saturated carbocycles. The normalized spacial score (nSPS) is 11.4. The van der Waals surface area contributed by atoms with E-state index in [0.717, 1.165) is 18.5 Å². The highest BCUT2D eigenvalue weighted by atomic mass is 16.5. The van der Waals surface area contributed by atoms with Crippen molar-refractivity contribution in [2.24, 2.45) is 0 Å². The Labute approximate surface area is 122 Å². The van der Waals surface area contributed by atoms with Gasteiger partial charge in [0, 0.05) is 13.1 Å². The van der Waals surface area contributed by atoms with Crippen molar-refractivity contribution in [1.82, 2.24) is 4.90 Å². The molecule has 1 aromatic carbocycles. The van der Waals surface area contributed by atoms with Crippen molar-refractivity contribution in [1.29, 1.82) is 0 Å². The predicted octanol–water partition coefficient (Wildman–Crippen LogP) is 3.55. The van der Waals surface area contributed by atoms with E-state index in [0.29, 0.717) is 6.54 Å². The highest BCUT2D eigenvalue weighted by Crippen LogP contribution is 2.10. The minimum atomic E-state index is -0.280. The van der Waals surface area contributed by atoms with Crippen molar-refractivity contribution in [2.45, 2.75) is 53.2 Å². The van der Waals surface area contributed by atoms with Gasteiger partial charge in [-0.05, 0) is 39.7 Å². The molecule has 3 nitrogen and oxygen atoms in total. The quantitative estimate of drug-likeness (QED) is 0.796. The van der Waals surface area contributed by atoms with Crippen LogP contribution in [-0.4, -0.2) is 29.6 Å². The van der Waals surface area contributed by atoms with E-state index < -0.39 is 0 Å². The Kier molecular flexibility index (Phi) is 6.21. The third-order valence-electron chi connectivity index (χ3n) is 2.97. The number of carbonyl (C=O) groups is 1. The Hall–Kier alpha value is -1.35. The summed E-state index contributed by atoms with van der Waals surface area (Å²) in [5.41, 5.74) is 2.11. The highest BCUT2D eigenvalue weighted by molar-refractivity contribution is 5.77. The zero-order chi connectivity index (χ0) is 15.2. The van der Waals surface area contributed by atoms with Crippen LogP contribution in [0.25, 0.3) is 0 Å². The van der Waals surface area contributed by atoms with Gasteiger partial charge in [0.1, 0.15) is 6.61 Å². The number of benzene rings is 1. The Bertz CT molecular complexity index is 418. The smallest absolute Gasteiger partial charge is 0.248 e. The second-order valence-electron chi connectivity index (χ2n) is 6.20. The lowest BCUT2D eigenvalue weighted by atomic mass is 10.1. The van der Waals surface area contributed by atoms with Crippen molar-refractivity contribution in [3.05, 3.63) is 35.4 Å². The average Bonchev–Trinajstić information content (AvgIpc) is 2.37. The number of hydrogen-bond donors (Lipinski definition) is 0. The van der Waals surface area contributed by atoms with E-state index in [1.54, 1.807) is 0 Å². The topological polar surface area (TPSA) is 29.5 Å². The van der Waals surface area contributed by atoms with Gasteiger partial charge in [0.25, 0.3) is 0 Å². The predicted molar refractivity (Wildman–Crippen MR) is 82.6 cm³/mol. The Balaban J connectivity index is 2.63. The molecule has 0 aliphatic rings. The van der Waals surface area contributed by atoms with Gasteiger partial charge in [-0.1, -0.05) is 36.8 Å². The zero-order valence-corrected chi connectivity index (χ0v) is 13.4. The summed E-state index contributed by atoms with van der Waals surface area (Å²) in [5, 5.41) is 0. The van der Waals surface area contributed by atoms with E-state index in [1.807, 2.05) is 25.7 Å². The molecule has 0 bridgehead atoms. The van der Waals surface area contributed by atoms with Crippen LogP contribution in [0.2, 0.25) is 0 Å². The van der Waals surface area contributed by atoms with Crippen LogP contribution in [0.5, 0.6) is 0 Å². The van der Waals surface area contributed by atoms with Crippen molar-refractivity contribution < 1.29 is 9.53 Å². The lowest BCUT2D eigenvalue weighted by Gasteiger charge is -2.25. The molecule has 0 aliphatic heterocycles. The van der Waals surface area contributed by atoms with E-state index in [1.165, 1.54) is 5.56 Å². The summed E-state index contributed by atoms with van der Waals surface area (Å²) in [6.07, 6.45) is 0.952. The first-order valence-corrected chi connectivity index (χ1v) is 7.29. The monoisotopic (exact) mass is 277 g/mol. The van der Waals surface area contributed by atoms with Gasteiger partial charge in [0.15, 0.2) is 0 Å². The van der Waals surface area contributed by atoms with E-state index in [2.05, 4.69) is 38.1 Å². The molecule has 0 atom stereocenters. The number of aryl methyl sites for hydroxylation is 1. The first-order valence-electron chi connectivity index (χ1n) is 7.29. The molecule has 0 unspecified atom stereocenters. The minimum Gasteiger partial charge on any atom is -0.366 e. The van der Waals surface area contributed by atoms with E-state index in [9.17, 15) is 4.79 Å². The van der Waals surface area contributed by atoms with Crippen LogP contribution in [-0.2, 0) is 16.1 Å². The summed E-state index contributed by atoms with van der Waals surface area (Å²) < 4.78 is 5.58. The van der Waals surface area contributed by atoms with Crippen molar-refractivity contribution >= 4 is 5.91 Å². The lowest BCUT2D eigenvalue weighted by Crippen LogP contribution is -2.36. The second kappa shape index (κ2) is 7.44. The third-order valence-corrected chi connectivity index (χ3v) is 2.97. The molecule has 0 aliphatic carbocycles. The molecule has 1 aromatic rings. The van der Waals surface area contributed by atoms with Gasteiger partial charge in [-0.3, -0.25) is 4.79 Å². The molecule has 3 heteroatoms. The number of rotatable bonds is 6. The minimum absolute atomic E-state index is 0.0577. The lowest BCUT2D eigenvalue weighted by molar-refractivity contribution is -0.141. The maximum Gasteiger partial charge on any atom is 0.248 e. The van der Waals surface area contributed by atoms with Gasteiger partial charge in [0.2, 0.25) is 5.91 Å². The summed E-state index contributed by atoms with van der Waals surface area (Å²) in [6, 6.07) is 8.32. The van der Waals surface area contributed by atoms with Gasteiger partial charge in [0.05, 0.1) is 5.60 Å². The average molecular weight is 277 g/mol. The standard InChI is InChI=1S/C17H27NO2/c1-6-11-18(16(19)13-20-17(3,4)5)12-15-9-7-14(2)8-10-15/h7-10H,6,11-13H2,1-5H3. The molecule has 1 amide bonds. The molecular formula is C17H27NO2. The molecule has 20 heavy (non-hydrogen) atoms. The first-order chi connectivity index (χ1) is 9.31. The summed E-state index contributed by atoms with van der Waals surface area (Å²) >= 11 is 0. The molecule has 0 spiro atoms. The number of carbonyl (C=O) groups excluding carboxylic acids is 1. The molecule has 0 N–H and O–H groups in total. The van der Waals surface area contributed by atoms with Gasteiger partial charge in [-0.25, -0.2) is 0 Å². The van der Waals surface area contributed by atoms with Crippen LogP contribution in [0.3, 0.4) is 0 Å². The Morgan fingerprint density at radius 3 is 2.30 bits per heavy atom. The van der Waals surface area contributed by atoms with Crippen LogP contribution in [0.4, 0.5) is 0 Å². The number of ether oxygens (including phenoxy) is 1. The second-order valence-corrected chi connectivity index (χ2v) is 6.20. The fourth-order valence-corrected chi connectivity index (χ4v) is 1.85. The fourth-order valence-electron chi connectivity index (χ4n) is 1.85. The maximum absolute atomic E-state index is 12.3. The summed E-state index contributed by atoms with van der Waals surface area (Å²) in [5.74, 6) is 0.0577. The van der Waals surface area contributed by atoms with Crippen LogP contribution >= 0.6 is 0 Å². The largest absolute Gasteiger partial charge is 0.366 e. The zero-order valence-electron chi connectivity index (χ0n) is 13.4. The van der Waals surface area contributed by atoms with E-state index in [-0.39, 0.29) is 18.1 Å². The maximum atomic E-state index is 12.3. The number of hydrogen-bond acceptors (Lipinski definition) is 2. The van der Waals surface area contributed by atoms with Crippen LogP contribution in [0.15, 0.2) is 24.3 Å². The van der Waals surface area contributed by atoms with Gasteiger partial charge in [-0.2, -0.15) is 0 Å². The van der Waals surface area contributed by atoms with Gasteiger partial charge in [-0.15, -0.1) is 0 Å². The number of amides is 1. The van der Waals surface area contributed by atoms with Crippen LogP contribution < -0.4 is 0 Å². The van der Waals surface area contributed by atoms with Crippen molar-refractivity contribution in [2.75, 3.05) is 13.2 Å². The van der Waals surface area contributed by atoms with Gasteiger partial charge < -0.3 is 9.64 Å². The molecule has 0 aromatic heterocycles. The molecule has 0 fully saturated rings. The van der Waals surface area contributed by atoms with E-state index >= 15 is 0 Å². The van der Waals surface area contributed by atoms with Crippen LogP contribution in [0.1, 0.15) is 45.2 Å². The van der Waals surface area contributed by atoms with Crippen molar-refractivity contribution in [3.63, 3.8) is 0 Å². The Morgan fingerprint density at radius 2 is 1.80 bits per heavy atom. The highest BCUT2D eigenvalue weighted by Gasteiger charge is 2.17. The van der Waals surface area contributed by atoms with Crippen molar-refractivity contribution in [3.8, 4) is 0 Å². The summed E-state index contributed by atoms with van der Waals surface area (Å²) in [4.78, 5) is 14.1. The molecular weight excluding hydrogens is 250 g/mol. The molecule has 0 heterocycles. The summed E-state index contributed by atoms with van der Waals surface area (Å²) in [7, 11) is 0. The SMILES string of the molecule is CCCN(Cc1ccc(C)cc1)C(=O)COC(C)(C)C. The molecule has 0 saturated heterocycles. The van der Waals surface area contributed by atoms with Gasteiger partial charge >= 0.3 is 0 Å². The fraction of sp³-hybridized carbons (Fsp3) is 0.588. The Morgan fingerprint density at radius 1 is 1.20 bits per heavy atom. The van der Waals surface area contributed by atoms with E-state index in [4.69, 9.17) is 4.74 Å². The number of nitrogens with zero attached hydrogens (tertiary/aromatic N) is 1. The summed E-state index contributed by atoms with van der Waals surface area (Å²) in [6.45, 7) is 11.6. The molecule has 0 radical (unpaired) electrons. The van der Waals surface area contributed by atoms with Crippen LogP contribution in [0, 0.1) is 6.92 Å².